The Morgan fingerprint density at radius 3 is 2.94 bits per heavy atom. The van der Waals surface area contributed by atoms with Gasteiger partial charge >= 0.3 is 0 Å². The molecule has 2 nitrogen and oxygen atoms in total. The summed E-state index contributed by atoms with van der Waals surface area (Å²) in [5, 5.41) is 5.64. The summed E-state index contributed by atoms with van der Waals surface area (Å²) in [5.41, 5.74) is 1.89. The fourth-order valence-electron chi connectivity index (χ4n) is 1.60. The SMILES string of the molecule is CCNC(Cc1cncs1)c1sccc1Br. The lowest BCUT2D eigenvalue weighted by Crippen LogP contribution is -2.22. The van der Waals surface area contributed by atoms with E-state index < -0.39 is 0 Å². The predicted octanol–water partition coefficient (Wildman–Crippen LogP) is 3.86. The number of hydrogen-bond acceptors (Lipinski definition) is 4. The monoisotopic (exact) mass is 316 g/mol. The Bertz CT molecular complexity index is 425. The molecule has 1 N–H and O–H groups in total. The van der Waals surface area contributed by atoms with Gasteiger partial charge in [0.25, 0.3) is 0 Å². The number of aromatic nitrogens is 1. The van der Waals surface area contributed by atoms with Crippen LogP contribution in [0.1, 0.15) is 22.7 Å². The third-order valence-corrected chi connectivity index (χ3v) is 5.09. The molecule has 0 amide bonds. The second-order valence-electron chi connectivity index (χ2n) is 3.41. The van der Waals surface area contributed by atoms with Crippen molar-refractivity contribution in [1.82, 2.24) is 10.3 Å². The molecule has 5 heteroatoms. The molecule has 1 atom stereocenters. The summed E-state index contributed by atoms with van der Waals surface area (Å²) in [6.07, 6.45) is 2.97. The van der Waals surface area contributed by atoms with Gasteiger partial charge in [-0.15, -0.1) is 22.7 Å². The second kappa shape index (κ2) is 5.91. The molecule has 0 aliphatic rings. The molecule has 0 aromatic carbocycles. The normalized spacial score (nSPS) is 12.9. The average Bonchev–Trinajstić information content (AvgIpc) is 2.88. The van der Waals surface area contributed by atoms with Crippen molar-refractivity contribution in [3.8, 4) is 0 Å². The molecule has 2 aromatic heterocycles. The third-order valence-electron chi connectivity index (χ3n) is 2.30. The molecule has 0 radical (unpaired) electrons. The van der Waals surface area contributed by atoms with Gasteiger partial charge < -0.3 is 5.32 Å². The molecule has 16 heavy (non-hydrogen) atoms. The van der Waals surface area contributed by atoms with Gasteiger partial charge in [-0.05, 0) is 33.9 Å². The molecule has 0 fully saturated rings. The van der Waals surface area contributed by atoms with E-state index >= 15 is 0 Å². The zero-order valence-electron chi connectivity index (χ0n) is 8.94. The van der Waals surface area contributed by atoms with E-state index in [-0.39, 0.29) is 0 Å². The molecule has 2 aromatic rings. The van der Waals surface area contributed by atoms with E-state index in [1.807, 2.05) is 11.7 Å². The average molecular weight is 317 g/mol. The van der Waals surface area contributed by atoms with Gasteiger partial charge in [-0.1, -0.05) is 6.92 Å². The van der Waals surface area contributed by atoms with Crippen molar-refractivity contribution in [1.29, 1.82) is 0 Å². The van der Waals surface area contributed by atoms with Crippen LogP contribution < -0.4 is 5.32 Å². The zero-order valence-corrected chi connectivity index (χ0v) is 12.2. The van der Waals surface area contributed by atoms with E-state index in [2.05, 4.69) is 44.6 Å². The standard InChI is InChI=1S/C11H13BrN2S2/c1-2-14-10(5-8-6-13-7-16-8)11-9(12)3-4-15-11/h3-4,6-7,10,14H,2,5H2,1H3. The van der Waals surface area contributed by atoms with Crippen LogP contribution in [-0.2, 0) is 6.42 Å². The van der Waals surface area contributed by atoms with Gasteiger partial charge in [-0.3, -0.25) is 4.98 Å². The molecule has 86 valence electrons. The molecule has 0 aliphatic heterocycles. The number of nitrogens with one attached hydrogen (secondary N) is 1. The first-order valence-corrected chi connectivity index (χ1v) is 7.70. The first kappa shape index (κ1) is 12.2. The van der Waals surface area contributed by atoms with Crippen LogP contribution in [0.25, 0.3) is 0 Å². The smallest absolute Gasteiger partial charge is 0.0794 e. The predicted molar refractivity (Wildman–Crippen MR) is 74.3 cm³/mol. The molecule has 2 heterocycles. The van der Waals surface area contributed by atoms with Crippen LogP contribution in [0.5, 0.6) is 0 Å². The molecule has 0 spiro atoms. The number of nitrogens with zero attached hydrogens (tertiary/aromatic N) is 1. The van der Waals surface area contributed by atoms with Crippen LogP contribution >= 0.6 is 38.6 Å². The molecule has 0 saturated carbocycles. The number of hydrogen-bond donors (Lipinski definition) is 1. The number of rotatable bonds is 5. The van der Waals surface area contributed by atoms with Gasteiger partial charge in [0.05, 0.1) is 5.51 Å². The van der Waals surface area contributed by atoms with Crippen molar-refractivity contribution in [2.24, 2.45) is 0 Å². The summed E-state index contributed by atoms with van der Waals surface area (Å²) in [7, 11) is 0. The van der Waals surface area contributed by atoms with Crippen molar-refractivity contribution >= 4 is 38.6 Å². The quantitative estimate of drug-likeness (QED) is 0.906. The lowest BCUT2D eigenvalue weighted by molar-refractivity contribution is 0.560. The maximum absolute atomic E-state index is 4.12. The van der Waals surface area contributed by atoms with Crippen LogP contribution in [0, 0.1) is 0 Å². The summed E-state index contributed by atoms with van der Waals surface area (Å²) < 4.78 is 1.20. The minimum absolute atomic E-state index is 0.389. The van der Waals surface area contributed by atoms with E-state index in [0.717, 1.165) is 13.0 Å². The maximum Gasteiger partial charge on any atom is 0.0794 e. The highest BCUT2D eigenvalue weighted by atomic mass is 79.9. The molecule has 0 saturated heterocycles. The summed E-state index contributed by atoms with van der Waals surface area (Å²) in [5.74, 6) is 0. The molecule has 2 rings (SSSR count). The van der Waals surface area contributed by atoms with Crippen LogP contribution in [0.3, 0.4) is 0 Å². The van der Waals surface area contributed by atoms with Crippen molar-refractivity contribution in [2.45, 2.75) is 19.4 Å². The van der Waals surface area contributed by atoms with Gasteiger partial charge in [-0.25, -0.2) is 0 Å². The van der Waals surface area contributed by atoms with E-state index in [1.54, 1.807) is 22.7 Å². The van der Waals surface area contributed by atoms with E-state index in [9.17, 15) is 0 Å². The lowest BCUT2D eigenvalue weighted by atomic mass is 10.1. The molecular formula is C11H13BrN2S2. The van der Waals surface area contributed by atoms with Crippen molar-refractivity contribution in [3.05, 3.63) is 37.4 Å². The molecule has 0 bridgehead atoms. The van der Waals surface area contributed by atoms with E-state index in [1.165, 1.54) is 14.2 Å². The number of thiazole rings is 1. The summed E-state index contributed by atoms with van der Waals surface area (Å²) in [6, 6.07) is 2.50. The largest absolute Gasteiger partial charge is 0.309 e. The minimum Gasteiger partial charge on any atom is -0.309 e. The van der Waals surface area contributed by atoms with Crippen molar-refractivity contribution in [2.75, 3.05) is 6.54 Å². The Hall–Kier alpha value is -0.230. The topological polar surface area (TPSA) is 24.9 Å². The van der Waals surface area contributed by atoms with Crippen LogP contribution in [0.4, 0.5) is 0 Å². The minimum atomic E-state index is 0.389. The summed E-state index contributed by atoms with van der Waals surface area (Å²) >= 11 is 7.11. The molecule has 0 aliphatic carbocycles. The van der Waals surface area contributed by atoms with Gasteiger partial charge in [-0.2, -0.15) is 0 Å². The Kier molecular flexibility index (Phi) is 4.52. The number of thiophene rings is 1. The first-order valence-electron chi connectivity index (χ1n) is 5.15. The Balaban J connectivity index is 2.14. The van der Waals surface area contributed by atoms with E-state index in [0.29, 0.717) is 6.04 Å². The maximum atomic E-state index is 4.12. The Morgan fingerprint density at radius 1 is 1.50 bits per heavy atom. The molecular weight excluding hydrogens is 304 g/mol. The van der Waals surface area contributed by atoms with Gasteiger partial charge in [0.1, 0.15) is 0 Å². The summed E-state index contributed by atoms with van der Waals surface area (Å²) in [4.78, 5) is 6.82. The van der Waals surface area contributed by atoms with Crippen LogP contribution in [0.15, 0.2) is 27.6 Å². The highest BCUT2D eigenvalue weighted by Crippen LogP contribution is 2.31. The first-order chi connectivity index (χ1) is 7.81. The molecule has 1 unspecified atom stereocenters. The number of halogens is 1. The van der Waals surface area contributed by atoms with Crippen LogP contribution in [0.2, 0.25) is 0 Å². The highest BCUT2D eigenvalue weighted by Gasteiger charge is 2.16. The zero-order chi connectivity index (χ0) is 11.4. The third kappa shape index (κ3) is 2.91. The Labute approximate surface area is 112 Å². The van der Waals surface area contributed by atoms with Gasteiger partial charge in [0, 0.05) is 32.9 Å². The van der Waals surface area contributed by atoms with E-state index in [4.69, 9.17) is 0 Å². The fraction of sp³-hybridized carbons (Fsp3) is 0.364. The fourth-order valence-corrected chi connectivity index (χ4v) is 3.97. The number of likely N-dealkylation sites (N-methyl/N-ethyl adjacent to an activating group) is 1. The van der Waals surface area contributed by atoms with Gasteiger partial charge in [0.15, 0.2) is 0 Å². The Morgan fingerprint density at radius 2 is 2.38 bits per heavy atom. The van der Waals surface area contributed by atoms with Crippen molar-refractivity contribution < 1.29 is 0 Å². The highest BCUT2D eigenvalue weighted by molar-refractivity contribution is 9.10. The summed E-state index contributed by atoms with van der Waals surface area (Å²) in [6.45, 7) is 3.12. The second-order valence-corrected chi connectivity index (χ2v) is 6.19. The van der Waals surface area contributed by atoms with Gasteiger partial charge in [0.2, 0.25) is 0 Å². The lowest BCUT2D eigenvalue weighted by Gasteiger charge is -2.16. The van der Waals surface area contributed by atoms with Crippen molar-refractivity contribution in [3.63, 3.8) is 0 Å². The van der Waals surface area contributed by atoms with Crippen LogP contribution in [-0.4, -0.2) is 11.5 Å².